The normalized spacial score (nSPS) is 12.6. The molecule has 0 aliphatic rings. The Kier molecular flexibility index (Phi) is 8.63. The highest BCUT2D eigenvalue weighted by Crippen LogP contribution is 2.30. The number of ether oxygens (including phenoxy) is 2. The Morgan fingerprint density at radius 3 is 2.55 bits per heavy atom. The van der Waals surface area contributed by atoms with E-state index in [-0.39, 0.29) is 24.5 Å². The maximum atomic E-state index is 12.7. The lowest BCUT2D eigenvalue weighted by atomic mass is 10.1. The van der Waals surface area contributed by atoms with E-state index in [1.807, 2.05) is 0 Å². The number of benzene rings is 2. The molecule has 0 amide bonds. The van der Waals surface area contributed by atoms with Gasteiger partial charge in [-0.1, -0.05) is 24.3 Å². The van der Waals surface area contributed by atoms with Crippen molar-refractivity contribution < 1.29 is 32.5 Å². The number of ketones is 1. The van der Waals surface area contributed by atoms with E-state index >= 15 is 0 Å². The second-order valence-corrected chi connectivity index (χ2v) is 6.48. The molecule has 2 rings (SSSR count). The molecule has 0 bridgehead atoms. The molecule has 5 nitrogen and oxygen atoms in total. The molecule has 0 heterocycles. The number of aliphatic hydroxyl groups is 1. The average molecular weight is 411 g/mol. The molecule has 8 heteroatoms. The molecule has 1 atom stereocenters. The molecule has 1 unspecified atom stereocenters. The second-order valence-electron chi connectivity index (χ2n) is 6.48. The minimum atomic E-state index is -4.44. The Balaban J connectivity index is 1.71. The number of hydrogen-bond donors (Lipinski definition) is 2. The molecule has 158 valence electrons. The van der Waals surface area contributed by atoms with E-state index in [9.17, 15) is 23.1 Å². The molecule has 0 fully saturated rings. The summed E-state index contributed by atoms with van der Waals surface area (Å²) in [5, 5.41) is 13.0. The van der Waals surface area contributed by atoms with E-state index < -0.39 is 17.8 Å². The summed E-state index contributed by atoms with van der Waals surface area (Å²) < 4.78 is 48.5. The Hall–Kier alpha value is -2.42. The number of hydrogen-bond acceptors (Lipinski definition) is 5. The van der Waals surface area contributed by atoms with Gasteiger partial charge in [-0.3, -0.25) is 4.79 Å². The second kappa shape index (κ2) is 10.9. The molecule has 0 radical (unpaired) electrons. The third-order valence-corrected chi connectivity index (χ3v) is 4.11. The molecule has 0 aliphatic carbocycles. The quantitative estimate of drug-likeness (QED) is 0.556. The van der Waals surface area contributed by atoms with Crippen molar-refractivity contribution in [1.82, 2.24) is 5.32 Å². The number of carbonyl (C=O) groups excluding carboxylic acids is 1. The molecule has 0 saturated carbocycles. The number of carbonyl (C=O) groups is 1. The molecule has 0 saturated heterocycles. The monoisotopic (exact) mass is 411 g/mol. The van der Waals surface area contributed by atoms with Crippen LogP contribution < -0.4 is 10.1 Å². The highest BCUT2D eigenvalue weighted by Gasteiger charge is 2.30. The number of nitrogens with one attached hydrogen (secondary N) is 1. The SMILES string of the molecule is COCC(=O)Cc1ccc(OCCNCC(O)c2cccc(C(F)(F)F)c2)cc1. The summed E-state index contributed by atoms with van der Waals surface area (Å²) >= 11 is 0. The zero-order valence-electron chi connectivity index (χ0n) is 16.0. The Bertz CT molecular complexity index is 778. The van der Waals surface area contributed by atoms with Gasteiger partial charge in [-0.25, -0.2) is 0 Å². The first kappa shape index (κ1) is 22.9. The summed E-state index contributed by atoms with van der Waals surface area (Å²) in [6.45, 7) is 0.906. The van der Waals surface area contributed by atoms with E-state index in [4.69, 9.17) is 9.47 Å². The lowest BCUT2D eigenvalue weighted by Crippen LogP contribution is -2.26. The molecule has 0 aromatic heterocycles. The van der Waals surface area contributed by atoms with Gasteiger partial charge in [0.05, 0.1) is 11.7 Å². The van der Waals surface area contributed by atoms with E-state index in [0.717, 1.165) is 17.7 Å². The van der Waals surface area contributed by atoms with Crippen molar-refractivity contribution >= 4 is 5.78 Å². The van der Waals surface area contributed by atoms with E-state index in [0.29, 0.717) is 25.3 Å². The largest absolute Gasteiger partial charge is 0.492 e. The van der Waals surface area contributed by atoms with Gasteiger partial charge in [0.15, 0.2) is 5.78 Å². The third-order valence-electron chi connectivity index (χ3n) is 4.11. The van der Waals surface area contributed by atoms with Crippen molar-refractivity contribution in [3.63, 3.8) is 0 Å². The summed E-state index contributed by atoms with van der Waals surface area (Å²) in [6.07, 6.45) is -5.20. The van der Waals surface area contributed by atoms with Crippen LogP contribution in [0.15, 0.2) is 48.5 Å². The summed E-state index contributed by atoms with van der Waals surface area (Å²) in [7, 11) is 1.47. The summed E-state index contributed by atoms with van der Waals surface area (Å²) in [5.74, 6) is 0.623. The van der Waals surface area contributed by atoms with Gasteiger partial charge < -0.3 is 19.9 Å². The first-order valence-corrected chi connectivity index (χ1v) is 9.08. The van der Waals surface area contributed by atoms with Crippen LogP contribution in [0.4, 0.5) is 13.2 Å². The highest BCUT2D eigenvalue weighted by atomic mass is 19.4. The van der Waals surface area contributed by atoms with Crippen LogP contribution in [-0.2, 0) is 22.1 Å². The fourth-order valence-electron chi connectivity index (χ4n) is 2.66. The van der Waals surface area contributed by atoms with Gasteiger partial charge in [0, 0.05) is 26.6 Å². The van der Waals surface area contributed by atoms with Crippen LogP contribution in [0.2, 0.25) is 0 Å². The van der Waals surface area contributed by atoms with Crippen molar-refractivity contribution in [2.45, 2.75) is 18.7 Å². The van der Waals surface area contributed by atoms with Gasteiger partial charge in [-0.2, -0.15) is 13.2 Å². The van der Waals surface area contributed by atoms with Crippen molar-refractivity contribution in [2.24, 2.45) is 0 Å². The van der Waals surface area contributed by atoms with Gasteiger partial charge in [0.25, 0.3) is 0 Å². The van der Waals surface area contributed by atoms with Crippen LogP contribution >= 0.6 is 0 Å². The van der Waals surface area contributed by atoms with Gasteiger partial charge in [0.1, 0.15) is 19.0 Å². The molecule has 29 heavy (non-hydrogen) atoms. The van der Waals surface area contributed by atoms with E-state index in [1.54, 1.807) is 24.3 Å². The fourth-order valence-corrected chi connectivity index (χ4v) is 2.66. The number of alkyl halides is 3. The number of halogens is 3. The fraction of sp³-hybridized carbons (Fsp3) is 0.381. The zero-order valence-corrected chi connectivity index (χ0v) is 16.0. The number of rotatable bonds is 11. The summed E-state index contributed by atoms with van der Waals surface area (Å²) in [4.78, 5) is 11.5. The molecular weight excluding hydrogens is 387 g/mol. The standard InChI is InChI=1S/C21H24F3NO4/c1-28-14-18(26)11-15-5-7-19(8-6-15)29-10-9-25-13-20(27)16-3-2-4-17(12-16)21(22,23)24/h2-8,12,20,25,27H,9-11,13-14H2,1H3. The topological polar surface area (TPSA) is 67.8 Å². The molecular formula is C21H24F3NO4. The van der Waals surface area contributed by atoms with Crippen molar-refractivity contribution in [2.75, 3.05) is 33.4 Å². The smallest absolute Gasteiger partial charge is 0.416 e. The number of Topliss-reactive ketones (excluding diaryl/α,β-unsaturated/α-hetero) is 1. The highest BCUT2D eigenvalue weighted by molar-refractivity contribution is 5.82. The Morgan fingerprint density at radius 2 is 1.90 bits per heavy atom. The number of methoxy groups -OCH3 is 1. The van der Waals surface area contributed by atoms with Crippen molar-refractivity contribution in [3.05, 3.63) is 65.2 Å². The van der Waals surface area contributed by atoms with Gasteiger partial charge in [0.2, 0.25) is 0 Å². The lowest BCUT2D eigenvalue weighted by Gasteiger charge is -2.15. The maximum absolute atomic E-state index is 12.7. The predicted octanol–water partition coefficient (Wildman–Crippen LogP) is 3.17. The maximum Gasteiger partial charge on any atom is 0.416 e. The van der Waals surface area contributed by atoms with Gasteiger partial charge >= 0.3 is 6.18 Å². The number of aliphatic hydroxyl groups excluding tert-OH is 1. The first-order chi connectivity index (χ1) is 13.8. The minimum absolute atomic E-state index is 0.00954. The van der Waals surface area contributed by atoms with Crippen molar-refractivity contribution in [3.8, 4) is 5.75 Å². The Labute approximate surface area is 167 Å². The van der Waals surface area contributed by atoms with Crippen LogP contribution in [0.1, 0.15) is 22.8 Å². The van der Waals surface area contributed by atoms with Crippen LogP contribution in [0, 0.1) is 0 Å². The molecule has 2 N–H and O–H groups in total. The molecule has 2 aromatic rings. The van der Waals surface area contributed by atoms with Crippen LogP contribution in [0.25, 0.3) is 0 Å². The summed E-state index contributed by atoms with van der Waals surface area (Å²) in [6, 6.07) is 11.8. The van der Waals surface area contributed by atoms with Crippen LogP contribution in [-0.4, -0.2) is 44.3 Å². The predicted molar refractivity (Wildman–Crippen MR) is 102 cm³/mol. The first-order valence-electron chi connectivity index (χ1n) is 9.08. The zero-order chi connectivity index (χ0) is 21.3. The Morgan fingerprint density at radius 1 is 1.17 bits per heavy atom. The molecule has 0 spiro atoms. The minimum Gasteiger partial charge on any atom is -0.492 e. The average Bonchev–Trinajstić information content (AvgIpc) is 2.68. The lowest BCUT2D eigenvalue weighted by molar-refractivity contribution is -0.137. The van der Waals surface area contributed by atoms with Gasteiger partial charge in [-0.05, 0) is 35.4 Å². The third kappa shape index (κ3) is 7.84. The van der Waals surface area contributed by atoms with E-state index in [2.05, 4.69) is 5.32 Å². The molecule has 0 aliphatic heterocycles. The summed E-state index contributed by atoms with van der Waals surface area (Å²) in [5.41, 5.74) is 0.276. The van der Waals surface area contributed by atoms with Gasteiger partial charge in [-0.15, -0.1) is 0 Å². The van der Waals surface area contributed by atoms with E-state index in [1.165, 1.54) is 19.2 Å². The van der Waals surface area contributed by atoms with Crippen LogP contribution in [0.3, 0.4) is 0 Å². The van der Waals surface area contributed by atoms with Crippen LogP contribution in [0.5, 0.6) is 5.75 Å². The van der Waals surface area contributed by atoms with Crippen molar-refractivity contribution in [1.29, 1.82) is 0 Å². The molecule has 2 aromatic carbocycles.